The van der Waals surface area contributed by atoms with Gasteiger partial charge < -0.3 is 29.7 Å². The molecule has 1 aromatic carbocycles. The highest BCUT2D eigenvalue weighted by atomic mass is 19.1. The fourth-order valence-electron chi connectivity index (χ4n) is 3.48. The summed E-state index contributed by atoms with van der Waals surface area (Å²) in [5.74, 6) is -2.62. The number of halogens is 3. The van der Waals surface area contributed by atoms with Crippen LogP contribution < -0.4 is 10.1 Å². The van der Waals surface area contributed by atoms with Crippen LogP contribution in [-0.2, 0) is 14.3 Å². The van der Waals surface area contributed by atoms with E-state index in [4.69, 9.17) is 14.2 Å². The third-order valence-electron chi connectivity index (χ3n) is 5.13. The van der Waals surface area contributed by atoms with Gasteiger partial charge in [-0.25, -0.2) is 8.78 Å². The summed E-state index contributed by atoms with van der Waals surface area (Å²) < 4.78 is 56.0. The summed E-state index contributed by atoms with van der Waals surface area (Å²) >= 11 is 0. The molecule has 1 amide bonds. The zero-order valence-corrected chi connectivity index (χ0v) is 16.3. The maximum Gasteiger partial charge on any atom is 0.247 e. The summed E-state index contributed by atoms with van der Waals surface area (Å²) in [5, 5.41) is 23.0. The van der Waals surface area contributed by atoms with Crippen LogP contribution in [0.5, 0.6) is 5.75 Å². The van der Waals surface area contributed by atoms with E-state index < -0.39 is 54.7 Å². The number of hydrogen-bond donors (Lipinski definition) is 3. The van der Waals surface area contributed by atoms with Crippen LogP contribution in [0, 0.1) is 11.6 Å². The highest BCUT2D eigenvalue weighted by molar-refractivity contribution is 5.97. The zero-order chi connectivity index (χ0) is 21.8. The Balaban J connectivity index is 1.67. The Morgan fingerprint density at radius 2 is 2.03 bits per heavy atom. The van der Waals surface area contributed by atoms with Gasteiger partial charge in [0.25, 0.3) is 0 Å². The molecule has 166 valence electrons. The molecule has 1 aliphatic carbocycles. The molecule has 5 atom stereocenters. The minimum absolute atomic E-state index is 0.00294. The second-order valence-corrected chi connectivity index (χ2v) is 7.27. The quantitative estimate of drug-likeness (QED) is 0.447. The summed E-state index contributed by atoms with van der Waals surface area (Å²) in [4.78, 5) is 12.5. The van der Waals surface area contributed by atoms with Gasteiger partial charge in [0.15, 0.2) is 11.6 Å². The van der Waals surface area contributed by atoms with Crippen molar-refractivity contribution in [2.45, 2.75) is 50.2 Å². The Hall–Kier alpha value is -2.14. The number of hydrogen-bond acceptors (Lipinski definition) is 6. The molecule has 0 aromatic heterocycles. The lowest BCUT2D eigenvalue weighted by atomic mass is 9.85. The first-order valence-corrected chi connectivity index (χ1v) is 9.58. The molecule has 0 spiro atoms. The first-order valence-electron chi connectivity index (χ1n) is 9.58. The Kier molecular flexibility index (Phi) is 7.35. The van der Waals surface area contributed by atoms with Crippen molar-refractivity contribution in [3.8, 4) is 5.75 Å². The van der Waals surface area contributed by atoms with Gasteiger partial charge in [-0.05, 0) is 25.5 Å². The molecule has 0 bridgehead atoms. The topological polar surface area (TPSA) is 97.3 Å². The Bertz CT molecular complexity index is 805. The number of aliphatic hydroxyl groups is 2. The van der Waals surface area contributed by atoms with E-state index in [1.54, 1.807) is 0 Å². The van der Waals surface area contributed by atoms with Crippen molar-refractivity contribution in [1.29, 1.82) is 0 Å². The lowest BCUT2D eigenvalue weighted by molar-refractivity contribution is -0.127. The van der Waals surface area contributed by atoms with Crippen LogP contribution >= 0.6 is 0 Å². The number of fused-ring (bicyclic) bond motifs is 1. The fourth-order valence-corrected chi connectivity index (χ4v) is 3.48. The van der Waals surface area contributed by atoms with Gasteiger partial charge in [-0.3, -0.25) is 9.18 Å². The van der Waals surface area contributed by atoms with Gasteiger partial charge in [0, 0.05) is 23.6 Å². The molecule has 1 aliphatic heterocycles. The lowest BCUT2D eigenvalue weighted by Crippen LogP contribution is -2.60. The predicted octanol–water partition coefficient (Wildman–Crippen LogP) is 1.46. The van der Waals surface area contributed by atoms with Crippen LogP contribution in [-0.4, -0.2) is 66.7 Å². The molecule has 1 saturated carbocycles. The number of alkyl halides is 1. The van der Waals surface area contributed by atoms with E-state index in [1.165, 1.54) is 6.92 Å². The Labute approximate surface area is 171 Å². The van der Waals surface area contributed by atoms with E-state index in [0.29, 0.717) is 0 Å². The second-order valence-electron chi connectivity index (χ2n) is 7.27. The summed E-state index contributed by atoms with van der Waals surface area (Å²) in [5.41, 5.74) is -0.110. The molecule has 2 fully saturated rings. The zero-order valence-electron chi connectivity index (χ0n) is 16.3. The van der Waals surface area contributed by atoms with E-state index in [-0.39, 0.29) is 43.1 Å². The predicted molar refractivity (Wildman–Crippen MR) is 99.3 cm³/mol. The smallest absolute Gasteiger partial charge is 0.247 e. The number of carbonyl (C=O) groups excluding carboxylic acids is 1. The third-order valence-corrected chi connectivity index (χ3v) is 5.13. The molecule has 1 aromatic rings. The van der Waals surface area contributed by atoms with Crippen LogP contribution in [0.3, 0.4) is 0 Å². The minimum Gasteiger partial charge on any atom is -0.490 e. The van der Waals surface area contributed by atoms with E-state index in [9.17, 15) is 28.2 Å². The maximum atomic E-state index is 14.3. The molecule has 1 saturated heterocycles. The van der Waals surface area contributed by atoms with Crippen molar-refractivity contribution in [2.24, 2.45) is 0 Å². The van der Waals surface area contributed by atoms with E-state index in [1.807, 2.05) is 0 Å². The van der Waals surface area contributed by atoms with Gasteiger partial charge in [0.05, 0.1) is 25.4 Å². The molecule has 7 nitrogen and oxygen atoms in total. The van der Waals surface area contributed by atoms with Gasteiger partial charge in [-0.1, -0.05) is 0 Å². The van der Waals surface area contributed by atoms with E-state index >= 15 is 0 Å². The first kappa shape index (κ1) is 22.5. The monoisotopic (exact) mass is 431 g/mol. The normalized spacial score (nSPS) is 28.9. The molecule has 2 aliphatic rings. The van der Waals surface area contributed by atoms with Gasteiger partial charge in [-0.15, -0.1) is 0 Å². The SMILES string of the molecule is C/C(=C\c1cc(F)c(OCCCF)cc1F)C(=O)N[C@H]1C[C@@H]2OCO[C@@H]2[C@H](O)[C@H]1O. The highest BCUT2D eigenvalue weighted by Crippen LogP contribution is 2.30. The highest BCUT2D eigenvalue weighted by Gasteiger charge is 2.47. The van der Waals surface area contributed by atoms with Crippen LogP contribution in [0.25, 0.3) is 6.08 Å². The number of ether oxygens (including phenoxy) is 3. The Morgan fingerprint density at radius 3 is 2.77 bits per heavy atom. The molecule has 0 unspecified atom stereocenters. The average molecular weight is 431 g/mol. The molecule has 3 rings (SSSR count). The standard InChI is InChI=1S/C20H24F3NO6/c1-10(5-11-6-13(23)15(7-12(11)22)28-4-2-3-21)20(27)24-14-8-16-19(30-9-29-16)18(26)17(14)25/h5-7,14,16-19,25-26H,2-4,8-9H2,1H3,(H,24,27)/b10-5+/t14-,16-,17-,18+,19-/m0/s1. The van der Waals surface area contributed by atoms with E-state index in [0.717, 1.165) is 18.2 Å². The summed E-state index contributed by atoms with van der Waals surface area (Å²) in [7, 11) is 0. The van der Waals surface area contributed by atoms with Crippen molar-refractivity contribution in [3.63, 3.8) is 0 Å². The third kappa shape index (κ3) is 4.94. The van der Waals surface area contributed by atoms with Crippen molar-refractivity contribution in [1.82, 2.24) is 5.32 Å². The van der Waals surface area contributed by atoms with Gasteiger partial charge >= 0.3 is 0 Å². The molecule has 0 radical (unpaired) electrons. The molecule has 1 heterocycles. The van der Waals surface area contributed by atoms with Crippen LogP contribution in [0.4, 0.5) is 13.2 Å². The van der Waals surface area contributed by atoms with Crippen LogP contribution in [0.1, 0.15) is 25.3 Å². The molecule has 3 N–H and O–H groups in total. The fraction of sp³-hybridized carbons (Fsp3) is 0.550. The summed E-state index contributed by atoms with van der Waals surface area (Å²) in [6, 6.07) is 0.917. The molecular formula is C20H24F3NO6. The van der Waals surface area contributed by atoms with Crippen molar-refractivity contribution < 1.29 is 42.4 Å². The maximum absolute atomic E-state index is 14.3. The average Bonchev–Trinajstić information content (AvgIpc) is 3.18. The second kappa shape index (κ2) is 9.78. The van der Waals surface area contributed by atoms with Crippen LogP contribution in [0.2, 0.25) is 0 Å². The molecular weight excluding hydrogens is 407 g/mol. The number of rotatable bonds is 7. The number of carbonyl (C=O) groups is 1. The molecule has 30 heavy (non-hydrogen) atoms. The minimum atomic E-state index is -1.26. The lowest BCUT2D eigenvalue weighted by Gasteiger charge is -2.38. The number of amides is 1. The van der Waals surface area contributed by atoms with Crippen molar-refractivity contribution in [3.05, 3.63) is 34.9 Å². The van der Waals surface area contributed by atoms with Crippen molar-refractivity contribution in [2.75, 3.05) is 20.1 Å². The summed E-state index contributed by atoms with van der Waals surface area (Å²) in [6.07, 6.45) is -2.17. The van der Waals surface area contributed by atoms with Gasteiger partial charge in [0.1, 0.15) is 30.9 Å². The summed E-state index contributed by atoms with van der Waals surface area (Å²) in [6.45, 7) is 0.682. The van der Waals surface area contributed by atoms with Crippen molar-refractivity contribution >= 4 is 12.0 Å². The molecule has 10 heteroatoms. The number of aliphatic hydroxyl groups excluding tert-OH is 2. The number of nitrogens with one attached hydrogen (secondary N) is 1. The largest absolute Gasteiger partial charge is 0.490 e. The van der Waals surface area contributed by atoms with Crippen LogP contribution in [0.15, 0.2) is 17.7 Å². The number of benzene rings is 1. The Morgan fingerprint density at radius 1 is 1.27 bits per heavy atom. The van der Waals surface area contributed by atoms with Gasteiger partial charge in [0.2, 0.25) is 5.91 Å². The van der Waals surface area contributed by atoms with E-state index in [2.05, 4.69) is 5.32 Å². The van der Waals surface area contributed by atoms with Gasteiger partial charge in [-0.2, -0.15) is 0 Å². The first-order chi connectivity index (χ1) is 14.3.